The Morgan fingerprint density at radius 2 is 2.11 bits per heavy atom. The first-order valence-corrected chi connectivity index (χ1v) is 6.83. The summed E-state index contributed by atoms with van der Waals surface area (Å²) in [6, 6.07) is 11.5. The number of halogens is 1. The topological polar surface area (TPSA) is 30.0 Å². The summed E-state index contributed by atoms with van der Waals surface area (Å²) < 4.78 is 0. The molecule has 0 saturated carbocycles. The van der Waals surface area contributed by atoms with E-state index in [0.717, 1.165) is 24.1 Å². The first-order valence-electron chi connectivity index (χ1n) is 6.45. The molecule has 2 nitrogen and oxygen atoms in total. The van der Waals surface area contributed by atoms with Gasteiger partial charge >= 0.3 is 0 Å². The number of carbonyl (C=O) groups excluding carboxylic acids is 1. The standard InChI is InChI=1S/C16H14ClNO/c17-14-6-2-1-4-12(14)10-15(19)13-8-7-11-5-3-9-18-16(11)13/h1-6,9,13H,7-8,10H2. The second-order valence-corrected chi connectivity index (χ2v) is 5.28. The van der Waals surface area contributed by atoms with Gasteiger partial charge in [-0.25, -0.2) is 0 Å². The van der Waals surface area contributed by atoms with Crippen molar-refractivity contribution in [2.75, 3.05) is 0 Å². The molecule has 0 bridgehead atoms. The van der Waals surface area contributed by atoms with Crippen molar-refractivity contribution >= 4 is 17.4 Å². The van der Waals surface area contributed by atoms with Crippen LogP contribution in [0.3, 0.4) is 0 Å². The van der Waals surface area contributed by atoms with E-state index in [0.29, 0.717) is 11.4 Å². The quantitative estimate of drug-likeness (QED) is 0.854. The summed E-state index contributed by atoms with van der Waals surface area (Å²) in [5.41, 5.74) is 3.07. The van der Waals surface area contributed by atoms with Gasteiger partial charge in [-0.1, -0.05) is 35.9 Å². The molecule has 1 unspecified atom stereocenters. The summed E-state index contributed by atoms with van der Waals surface area (Å²) in [5.74, 6) is 0.151. The van der Waals surface area contributed by atoms with Crippen LogP contribution in [0.15, 0.2) is 42.6 Å². The predicted molar refractivity (Wildman–Crippen MR) is 75.5 cm³/mol. The van der Waals surface area contributed by atoms with Gasteiger partial charge in [-0.3, -0.25) is 9.78 Å². The SMILES string of the molecule is O=C(Cc1ccccc1Cl)C1CCc2cccnc21. The Kier molecular flexibility index (Phi) is 3.34. The van der Waals surface area contributed by atoms with Gasteiger partial charge in [-0.2, -0.15) is 0 Å². The van der Waals surface area contributed by atoms with Gasteiger partial charge in [0.25, 0.3) is 0 Å². The molecule has 1 atom stereocenters. The van der Waals surface area contributed by atoms with E-state index in [4.69, 9.17) is 11.6 Å². The highest BCUT2D eigenvalue weighted by Crippen LogP contribution is 2.33. The van der Waals surface area contributed by atoms with Crippen LogP contribution in [0.1, 0.15) is 29.2 Å². The molecule has 1 aromatic heterocycles. The maximum absolute atomic E-state index is 12.4. The second kappa shape index (κ2) is 5.14. The van der Waals surface area contributed by atoms with Crippen molar-refractivity contribution in [3.05, 3.63) is 64.4 Å². The Labute approximate surface area is 117 Å². The van der Waals surface area contributed by atoms with Gasteiger partial charge < -0.3 is 0 Å². The number of hydrogen-bond acceptors (Lipinski definition) is 2. The third-order valence-corrected chi connectivity index (χ3v) is 4.04. The summed E-state index contributed by atoms with van der Waals surface area (Å²) in [4.78, 5) is 16.8. The number of aryl methyl sites for hydroxylation is 1. The molecule has 96 valence electrons. The van der Waals surface area contributed by atoms with E-state index >= 15 is 0 Å². The highest BCUT2D eigenvalue weighted by Gasteiger charge is 2.29. The molecule has 0 N–H and O–H groups in total. The van der Waals surface area contributed by atoms with Gasteiger partial charge in [-0.15, -0.1) is 0 Å². The molecule has 0 fully saturated rings. The van der Waals surface area contributed by atoms with Crippen molar-refractivity contribution in [2.45, 2.75) is 25.2 Å². The van der Waals surface area contributed by atoms with Crippen molar-refractivity contribution in [3.63, 3.8) is 0 Å². The largest absolute Gasteiger partial charge is 0.299 e. The summed E-state index contributed by atoms with van der Waals surface area (Å²) >= 11 is 6.11. The number of Topliss-reactive ketones (excluding diaryl/α,β-unsaturated/α-hetero) is 1. The second-order valence-electron chi connectivity index (χ2n) is 4.87. The summed E-state index contributed by atoms with van der Waals surface area (Å²) in [5, 5.41) is 0.662. The van der Waals surface area contributed by atoms with E-state index in [1.54, 1.807) is 6.20 Å². The predicted octanol–water partition coefficient (Wildman–Crippen LogP) is 3.58. The van der Waals surface area contributed by atoms with Gasteiger partial charge in [0, 0.05) is 17.6 Å². The zero-order valence-corrected chi connectivity index (χ0v) is 11.2. The van der Waals surface area contributed by atoms with Crippen molar-refractivity contribution in [2.24, 2.45) is 0 Å². The number of pyridine rings is 1. The van der Waals surface area contributed by atoms with Gasteiger partial charge in [0.1, 0.15) is 5.78 Å². The zero-order valence-electron chi connectivity index (χ0n) is 10.5. The van der Waals surface area contributed by atoms with Crippen LogP contribution in [-0.2, 0) is 17.6 Å². The minimum Gasteiger partial charge on any atom is -0.299 e. The molecule has 3 heteroatoms. The molecule has 0 aliphatic heterocycles. The molecule has 19 heavy (non-hydrogen) atoms. The van der Waals surface area contributed by atoms with Gasteiger partial charge in [0.2, 0.25) is 0 Å². The van der Waals surface area contributed by atoms with E-state index in [1.807, 2.05) is 30.3 Å². The highest BCUT2D eigenvalue weighted by molar-refractivity contribution is 6.31. The van der Waals surface area contributed by atoms with Gasteiger partial charge in [-0.05, 0) is 36.1 Å². The number of nitrogens with zero attached hydrogens (tertiary/aromatic N) is 1. The van der Waals surface area contributed by atoms with Crippen LogP contribution in [0.5, 0.6) is 0 Å². The number of hydrogen-bond donors (Lipinski definition) is 0. The van der Waals surface area contributed by atoms with Crippen LogP contribution < -0.4 is 0 Å². The lowest BCUT2D eigenvalue weighted by Gasteiger charge is -2.10. The summed E-state index contributed by atoms with van der Waals surface area (Å²) in [6.07, 6.45) is 3.97. The molecule has 0 radical (unpaired) electrons. The number of rotatable bonds is 3. The molecule has 1 aromatic carbocycles. The lowest BCUT2D eigenvalue weighted by Crippen LogP contribution is -2.13. The molecule has 1 aliphatic carbocycles. The zero-order chi connectivity index (χ0) is 13.2. The Balaban J connectivity index is 1.81. The minimum absolute atomic E-state index is 0.0625. The lowest BCUT2D eigenvalue weighted by molar-refractivity contribution is -0.119. The van der Waals surface area contributed by atoms with E-state index in [2.05, 4.69) is 11.1 Å². The molecule has 1 aliphatic rings. The normalized spacial score (nSPS) is 17.2. The van der Waals surface area contributed by atoms with Crippen LogP contribution in [-0.4, -0.2) is 10.8 Å². The van der Waals surface area contributed by atoms with Crippen LogP contribution in [0, 0.1) is 0 Å². The Morgan fingerprint density at radius 1 is 1.26 bits per heavy atom. The molecule has 0 spiro atoms. The number of fused-ring (bicyclic) bond motifs is 1. The number of benzene rings is 1. The average Bonchev–Trinajstić information content (AvgIpc) is 2.85. The van der Waals surface area contributed by atoms with E-state index in [1.165, 1.54) is 5.56 Å². The van der Waals surface area contributed by atoms with E-state index < -0.39 is 0 Å². The van der Waals surface area contributed by atoms with Crippen molar-refractivity contribution in [1.29, 1.82) is 0 Å². The van der Waals surface area contributed by atoms with Gasteiger partial charge in [0.15, 0.2) is 0 Å². The summed E-state index contributed by atoms with van der Waals surface area (Å²) in [6.45, 7) is 0. The fraction of sp³-hybridized carbons (Fsp3) is 0.250. The van der Waals surface area contributed by atoms with Crippen molar-refractivity contribution in [3.8, 4) is 0 Å². The molecule has 2 aromatic rings. The fourth-order valence-electron chi connectivity index (χ4n) is 2.68. The number of aromatic nitrogens is 1. The van der Waals surface area contributed by atoms with Crippen molar-refractivity contribution in [1.82, 2.24) is 4.98 Å². The van der Waals surface area contributed by atoms with Crippen LogP contribution in [0.4, 0.5) is 0 Å². The number of ketones is 1. The van der Waals surface area contributed by atoms with E-state index in [-0.39, 0.29) is 11.7 Å². The third kappa shape index (κ3) is 2.41. The Morgan fingerprint density at radius 3 is 2.95 bits per heavy atom. The van der Waals surface area contributed by atoms with Crippen molar-refractivity contribution < 1.29 is 4.79 Å². The Bertz CT molecular complexity index is 624. The molecular weight excluding hydrogens is 258 g/mol. The molecule has 3 rings (SSSR count). The number of carbonyl (C=O) groups is 1. The van der Waals surface area contributed by atoms with Crippen LogP contribution >= 0.6 is 11.6 Å². The first-order chi connectivity index (χ1) is 9.25. The molecule has 0 saturated heterocycles. The summed E-state index contributed by atoms with van der Waals surface area (Å²) in [7, 11) is 0. The first kappa shape index (κ1) is 12.4. The minimum atomic E-state index is -0.0625. The smallest absolute Gasteiger partial charge is 0.146 e. The maximum atomic E-state index is 12.4. The van der Waals surface area contributed by atoms with Crippen LogP contribution in [0.25, 0.3) is 0 Å². The van der Waals surface area contributed by atoms with E-state index in [9.17, 15) is 4.79 Å². The average molecular weight is 272 g/mol. The monoisotopic (exact) mass is 271 g/mol. The molecular formula is C16H14ClNO. The highest BCUT2D eigenvalue weighted by atomic mass is 35.5. The molecule has 0 amide bonds. The molecule has 1 heterocycles. The van der Waals surface area contributed by atoms with Gasteiger partial charge in [0.05, 0.1) is 11.6 Å². The van der Waals surface area contributed by atoms with Crippen LogP contribution in [0.2, 0.25) is 5.02 Å². The lowest BCUT2D eigenvalue weighted by atomic mass is 9.95. The maximum Gasteiger partial charge on any atom is 0.146 e. The fourth-order valence-corrected chi connectivity index (χ4v) is 2.88. The third-order valence-electron chi connectivity index (χ3n) is 3.67. The Hall–Kier alpha value is -1.67.